The zero-order valence-electron chi connectivity index (χ0n) is 8.43. The number of benzene rings is 1. The van der Waals surface area contributed by atoms with Crippen molar-refractivity contribution in [2.45, 2.75) is 25.8 Å². The Bertz CT molecular complexity index is 540. The molecule has 3 rings (SSSR count). The van der Waals surface area contributed by atoms with Crippen LogP contribution in [-0.4, -0.2) is 4.57 Å². The molecule has 0 N–H and O–H groups in total. The fraction of sp³-hybridized carbons (Fsp3) is 0.333. The molecule has 2 aromatic rings. The van der Waals surface area contributed by atoms with Crippen LogP contribution >= 0.6 is 27.5 Å². The van der Waals surface area contributed by atoms with Gasteiger partial charge in [0, 0.05) is 16.5 Å². The van der Waals surface area contributed by atoms with E-state index in [4.69, 9.17) is 11.6 Å². The first-order valence-electron chi connectivity index (χ1n) is 5.14. The highest BCUT2D eigenvalue weighted by atomic mass is 79.9. The maximum Gasteiger partial charge on any atom is 0.0889 e. The van der Waals surface area contributed by atoms with Crippen LogP contribution in [0.5, 0.6) is 0 Å². The molecular formula is C12H11BrClN. The minimum atomic E-state index is 0.675. The smallest absolute Gasteiger partial charge is 0.0889 e. The second kappa shape index (κ2) is 3.26. The van der Waals surface area contributed by atoms with Crippen molar-refractivity contribution >= 4 is 38.4 Å². The number of hydrogen-bond acceptors (Lipinski definition) is 0. The van der Waals surface area contributed by atoms with Gasteiger partial charge in [0.15, 0.2) is 0 Å². The van der Waals surface area contributed by atoms with E-state index in [0.29, 0.717) is 6.04 Å². The average Bonchev–Trinajstić information content (AvgIpc) is 2.98. The molecule has 0 atom stereocenters. The predicted molar refractivity (Wildman–Crippen MR) is 67.7 cm³/mol. The summed E-state index contributed by atoms with van der Waals surface area (Å²) in [6.07, 6.45) is 2.57. The van der Waals surface area contributed by atoms with Crippen molar-refractivity contribution < 1.29 is 0 Å². The fourth-order valence-electron chi connectivity index (χ4n) is 2.11. The van der Waals surface area contributed by atoms with Gasteiger partial charge in [0.2, 0.25) is 0 Å². The van der Waals surface area contributed by atoms with E-state index < -0.39 is 0 Å². The molecule has 1 nitrogen and oxygen atoms in total. The van der Waals surface area contributed by atoms with Crippen molar-refractivity contribution in [3.8, 4) is 0 Å². The van der Waals surface area contributed by atoms with E-state index in [9.17, 15) is 0 Å². The summed E-state index contributed by atoms with van der Waals surface area (Å²) in [5, 5.41) is 2.12. The third-order valence-electron chi connectivity index (χ3n) is 3.06. The number of fused-ring (bicyclic) bond motifs is 1. The van der Waals surface area contributed by atoms with E-state index in [1.165, 1.54) is 33.9 Å². The lowest BCUT2D eigenvalue weighted by atomic mass is 10.2. The Hall–Kier alpha value is -0.470. The van der Waals surface area contributed by atoms with Gasteiger partial charge in [0.1, 0.15) is 0 Å². The monoisotopic (exact) mass is 283 g/mol. The van der Waals surface area contributed by atoms with Crippen LogP contribution in [0, 0.1) is 6.92 Å². The summed E-state index contributed by atoms with van der Waals surface area (Å²) in [6.45, 7) is 2.15. The van der Waals surface area contributed by atoms with Crippen LogP contribution in [-0.2, 0) is 0 Å². The largest absolute Gasteiger partial charge is 0.332 e. The normalized spacial score (nSPS) is 16.2. The first-order chi connectivity index (χ1) is 7.18. The molecule has 78 valence electrons. The quantitative estimate of drug-likeness (QED) is 0.715. The first kappa shape index (κ1) is 9.73. The second-order valence-electron chi connectivity index (χ2n) is 4.18. The molecular weight excluding hydrogens is 273 g/mol. The van der Waals surface area contributed by atoms with Crippen molar-refractivity contribution in [3.63, 3.8) is 0 Å². The molecule has 1 aliphatic carbocycles. The molecule has 3 heteroatoms. The Morgan fingerprint density at radius 3 is 2.80 bits per heavy atom. The summed E-state index contributed by atoms with van der Waals surface area (Å²) in [6, 6.07) is 6.80. The highest BCUT2D eigenvalue weighted by molar-refractivity contribution is 9.10. The minimum Gasteiger partial charge on any atom is -0.332 e. The van der Waals surface area contributed by atoms with E-state index >= 15 is 0 Å². The van der Waals surface area contributed by atoms with Gasteiger partial charge in [0.05, 0.1) is 10.1 Å². The lowest BCUT2D eigenvalue weighted by Crippen LogP contribution is -1.93. The summed E-state index contributed by atoms with van der Waals surface area (Å²) in [5.74, 6) is 0. The maximum absolute atomic E-state index is 6.05. The molecule has 1 aliphatic rings. The highest BCUT2D eigenvalue weighted by Crippen LogP contribution is 2.43. The molecule has 0 spiro atoms. The topological polar surface area (TPSA) is 4.93 Å². The van der Waals surface area contributed by atoms with Gasteiger partial charge in [-0.05, 0) is 53.4 Å². The Labute approximate surface area is 102 Å². The summed E-state index contributed by atoms with van der Waals surface area (Å²) in [5.41, 5.74) is 2.57. The molecule has 1 aromatic heterocycles. The first-order valence-corrected chi connectivity index (χ1v) is 6.31. The van der Waals surface area contributed by atoms with E-state index in [1.807, 2.05) is 6.07 Å². The van der Waals surface area contributed by atoms with Crippen LogP contribution in [0.1, 0.15) is 24.4 Å². The van der Waals surface area contributed by atoms with Gasteiger partial charge >= 0.3 is 0 Å². The lowest BCUT2D eigenvalue weighted by Gasteiger charge is -2.04. The van der Waals surface area contributed by atoms with Crippen LogP contribution < -0.4 is 0 Å². The molecule has 1 saturated carbocycles. The van der Waals surface area contributed by atoms with Crippen LogP contribution in [0.4, 0.5) is 0 Å². The number of rotatable bonds is 1. The van der Waals surface area contributed by atoms with Gasteiger partial charge in [-0.1, -0.05) is 17.7 Å². The Morgan fingerprint density at radius 2 is 2.13 bits per heavy atom. The van der Waals surface area contributed by atoms with Gasteiger partial charge in [-0.25, -0.2) is 0 Å². The predicted octanol–water partition coefficient (Wildman–Crippen LogP) is 4.70. The van der Waals surface area contributed by atoms with Crippen LogP contribution in [0.2, 0.25) is 5.02 Å². The molecule has 0 amide bonds. The molecule has 15 heavy (non-hydrogen) atoms. The summed E-state index contributed by atoms with van der Waals surface area (Å²) in [4.78, 5) is 0. The summed E-state index contributed by atoms with van der Waals surface area (Å²) >= 11 is 9.73. The Kier molecular flexibility index (Phi) is 2.12. The number of nitrogens with zero attached hydrogens (tertiary/aromatic N) is 1. The number of halogens is 2. The van der Waals surface area contributed by atoms with E-state index in [1.54, 1.807) is 0 Å². The van der Waals surface area contributed by atoms with Crippen LogP contribution in [0.15, 0.2) is 22.8 Å². The molecule has 0 saturated heterocycles. The van der Waals surface area contributed by atoms with Gasteiger partial charge in [-0.3, -0.25) is 0 Å². The third-order valence-corrected chi connectivity index (χ3v) is 4.27. The van der Waals surface area contributed by atoms with E-state index in [-0.39, 0.29) is 0 Å². The second-order valence-corrected chi connectivity index (χ2v) is 5.37. The average molecular weight is 285 g/mol. The van der Waals surface area contributed by atoms with Crippen molar-refractivity contribution in [1.29, 1.82) is 0 Å². The minimum absolute atomic E-state index is 0.675. The fourth-order valence-corrected chi connectivity index (χ4v) is 2.97. The standard InChI is InChI=1S/C12H11BrClN/c1-7-10-5-2-8(14)6-11(10)15(12(7)13)9-3-4-9/h2,5-6,9H,3-4H2,1H3. The van der Waals surface area contributed by atoms with Gasteiger partial charge < -0.3 is 4.57 Å². The number of aryl methyl sites for hydroxylation is 1. The molecule has 0 aliphatic heterocycles. The van der Waals surface area contributed by atoms with Crippen LogP contribution in [0.25, 0.3) is 10.9 Å². The summed E-state index contributed by atoms with van der Waals surface area (Å²) in [7, 11) is 0. The number of aromatic nitrogens is 1. The molecule has 0 bridgehead atoms. The van der Waals surface area contributed by atoms with Crippen LogP contribution in [0.3, 0.4) is 0 Å². The Morgan fingerprint density at radius 1 is 1.40 bits per heavy atom. The summed E-state index contributed by atoms with van der Waals surface area (Å²) < 4.78 is 3.58. The maximum atomic E-state index is 6.05. The molecule has 0 unspecified atom stereocenters. The van der Waals surface area contributed by atoms with Gasteiger partial charge in [-0.15, -0.1) is 0 Å². The van der Waals surface area contributed by atoms with Crippen molar-refractivity contribution in [1.82, 2.24) is 4.57 Å². The third kappa shape index (κ3) is 1.42. The number of hydrogen-bond donors (Lipinski definition) is 0. The lowest BCUT2D eigenvalue weighted by molar-refractivity contribution is 0.755. The zero-order valence-corrected chi connectivity index (χ0v) is 10.8. The molecule has 1 aromatic carbocycles. The SMILES string of the molecule is Cc1c(Br)n(C2CC2)c2cc(Cl)ccc12. The zero-order chi connectivity index (χ0) is 10.6. The van der Waals surface area contributed by atoms with E-state index in [2.05, 4.69) is 39.6 Å². The Balaban J connectivity index is 2.40. The van der Waals surface area contributed by atoms with Crippen molar-refractivity contribution in [2.75, 3.05) is 0 Å². The van der Waals surface area contributed by atoms with Gasteiger partial charge in [0.25, 0.3) is 0 Å². The molecule has 1 fully saturated rings. The highest BCUT2D eigenvalue weighted by Gasteiger charge is 2.28. The molecule has 0 radical (unpaired) electrons. The van der Waals surface area contributed by atoms with Crippen molar-refractivity contribution in [2.24, 2.45) is 0 Å². The molecule has 1 heterocycles. The van der Waals surface area contributed by atoms with E-state index in [0.717, 1.165) is 5.02 Å². The van der Waals surface area contributed by atoms with Crippen molar-refractivity contribution in [3.05, 3.63) is 33.4 Å². The van der Waals surface area contributed by atoms with Gasteiger partial charge in [-0.2, -0.15) is 0 Å².